The van der Waals surface area contributed by atoms with Gasteiger partial charge in [-0.2, -0.15) is 0 Å². The molecule has 20 heavy (non-hydrogen) atoms. The third-order valence-corrected chi connectivity index (χ3v) is 3.54. The molecule has 0 radical (unpaired) electrons. The maximum absolute atomic E-state index is 12.1. The molecule has 0 spiro atoms. The van der Waals surface area contributed by atoms with Gasteiger partial charge in [-0.25, -0.2) is 9.98 Å². The molecule has 4 heteroatoms. The zero-order chi connectivity index (χ0) is 13.5. The van der Waals surface area contributed by atoms with Gasteiger partial charge < -0.3 is 4.98 Å². The van der Waals surface area contributed by atoms with Crippen LogP contribution in [0.3, 0.4) is 0 Å². The van der Waals surface area contributed by atoms with Crippen LogP contribution in [0, 0.1) is 0 Å². The van der Waals surface area contributed by atoms with Gasteiger partial charge >= 0.3 is 0 Å². The van der Waals surface area contributed by atoms with E-state index in [0.717, 1.165) is 27.7 Å². The van der Waals surface area contributed by atoms with Crippen molar-refractivity contribution in [1.29, 1.82) is 0 Å². The van der Waals surface area contributed by atoms with Crippen LogP contribution in [0.25, 0.3) is 5.57 Å². The summed E-state index contributed by atoms with van der Waals surface area (Å²) < 4.78 is 0. The van der Waals surface area contributed by atoms with Gasteiger partial charge in [-0.05, 0) is 17.7 Å². The molecule has 1 N–H and O–H groups in total. The molecule has 4 nitrogen and oxygen atoms in total. The maximum Gasteiger partial charge on any atom is 0.188 e. The van der Waals surface area contributed by atoms with Crippen molar-refractivity contribution in [1.82, 2.24) is 9.97 Å². The van der Waals surface area contributed by atoms with Crippen molar-refractivity contribution in [2.24, 2.45) is 4.99 Å². The van der Waals surface area contributed by atoms with Gasteiger partial charge in [-0.3, -0.25) is 4.79 Å². The largest absolute Gasteiger partial charge is 0.348 e. The first-order chi connectivity index (χ1) is 9.83. The van der Waals surface area contributed by atoms with E-state index in [9.17, 15) is 4.79 Å². The van der Waals surface area contributed by atoms with E-state index in [1.165, 1.54) is 0 Å². The molecule has 1 aromatic carbocycles. The van der Waals surface area contributed by atoms with E-state index in [1.807, 2.05) is 30.3 Å². The first-order valence-electron chi connectivity index (χ1n) is 6.45. The number of fused-ring (bicyclic) bond motifs is 2. The molecule has 1 aliphatic heterocycles. The van der Waals surface area contributed by atoms with Crippen molar-refractivity contribution < 1.29 is 4.79 Å². The lowest BCUT2D eigenvalue weighted by atomic mass is 9.94. The second-order valence-corrected chi connectivity index (χ2v) is 4.79. The van der Waals surface area contributed by atoms with Crippen molar-refractivity contribution in [3.8, 4) is 0 Å². The molecular formula is C16H11N3O. The second kappa shape index (κ2) is 4.13. The number of allylic oxidation sites excluding steroid dienone is 4. The highest BCUT2D eigenvalue weighted by Crippen LogP contribution is 2.26. The third-order valence-electron chi connectivity index (χ3n) is 3.54. The molecule has 2 aromatic rings. The van der Waals surface area contributed by atoms with E-state index >= 15 is 0 Å². The van der Waals surface area contributed by atoms with Crippen LogP contribution in [0.5, 0.6) is 0 Å². The quantitative estimate of drug-likeness (QED) is 0.870. The van der Waals surface area contributed by atoms with E-state index < -0.39 is 0 Å². The highest BCUT2D eigenvalue weighted by atomic mass is 16.1. The molecule has 0 bridgehead atoms. The van der Waals surface area contributed by atoms with Crippen molar-refractivity contribution in [3.05, 3.63) is 76.5 Å². The Bertz CT molecular complexity index is 886. The molecule has 1 aromatic heterocycles. The molecule has 96 valence electrons. The summed E-state index contributed by atoms with van der Waals surface area (Å²) in [5, 5.41) is 1.79. The van der Waals surface area contributed by atoms with E-state index in [2.05, 4.69) is 15.0 Å². The lowest BCUT2D eigenvalue weighted by Crippen LogP contribution is -2.24. The van der Waals surface area contributed by atoms with Crippen LogP contribution >= 0.6 is 0 Å². The monoisotopic (exact) mass is 261 g/mol. The van der Waals surface area contributed by atoms with Gasteiger partial charge in [0.15, 0.2) is 5.78 Å². The van der Waals surface area contributed by atoms with E-state index in [1.54, 1.807) is 18.5 Å². The predicted molar refractivity (Wildman–Crippen MR) is 74.1 cm³/mol. The first kappa shape index (κ1) is 11.1. The smallest absolute Gasteiger partial charge is 0.188 e. The summed E-state index contributed by atoms with van der Waals surface area (Å²) >= 11 is 0. The number of ketones is 1. The number of rotatable bonds is 2. The number of imidazole rings is 1. The van der Waals surface area contributed by atoms with Crippen LogP contribution in [0.2, 0.25) is 0 Å². The SMILES string of the molecule is O=C1C=CC(Cc2ncc[nH]2)=C2N=c3ccccc3=C12. The molecule has 2 aliphatic rings. The Morgan fingerprint density at radius 2 is 2.05 bits per heavy atom. The number of carbonyl (C=O) groups excluding carboxylic acids is 1. The molecule has 0 amide bonds. The summed E-state index contributed by atoms with van der Waals surface area (Å²) in [6.45, 7) is 0. The summed E-state index contributed by atoms with van der Waals surface area (Å²) in [5.41, 5.74) is 2.52. The summed E-state index contributed by atoms with van der Waals surface area (Å²) in [4.78, 5) is 24.1. The number of benzene rings is 1. The number of H-pyrrole nitrogens is 1. The average molecular weight is 261 g/mol. The summed E-state index contributed by atoms with van der Waals surface area (Å²) in [6.07, 6.45) is 7.63. The zero-order valence-electron chi connectivity index (χ0n) is 10.6. The van der Waals surface area contributed by atoms with Crippen molar-refractivity contribution in [2.75, 3.05) is 0 Å². The minimum Gasteiger partial charge on any atom is -0.348 e. The molecule has 4 rings (SSSR count). The van der Waals surface area contributed by atoms with Crippen LogP contribution in [0.1, 0.15) is 5.82 Å². The number of hydrogen-bond donors (Lipinski definition) is 1. The molecule has 1 aliphatic carbocycles. The number of carbonyl (C=O) groups is 1. The maximum atomic E-state index is 12.1. The minimum atomic E-state index is 0.0249. The zero-order valence-corrected chi connectivity index (χ0v) is 10.6. The molecular weight excluding hydrogens is 250 g/mol. The Hall–Kier alpha value is -2.75. The van der Waals surface area contributed by atoms with Gasteiger partial charge in [0, 0.05) is 24.0 Å². The lowest BCUT2D eigenvalue weighted by molar-refractivity contribution is -0.109. The summed E-state index contributed by atoms with van der Waals surface area (Å²) in [7, 11) is 0. The number of hydrogen-bond acceptors (Lipinski definition) is 3. The Morgan fingerprint density at radius 1 is 1.15 bits per heavy atom. The van der Waals surface area contributed by atoms with Crippen molar-refractivity contribution >= 4 is 11.4 Å². The van der Waals surface area contributed by atoms with E-state index in [0.29, 0.717) is 12.0 Å². The highest BCUT2D eigenvalue weighted by Gasteiger charge is 2.24. The first-order valence-corrected chi connectivity index (χ1v) is 6.45. The standard InChI is InChI=1S/C16H11N3O/c20-13-6-5-10(9-14-17-7-8-18-14)16-15(13)11-3-1-2-4-12(11)19-16/h1-8H,9H2,(H,17,18). The van der Waals surface area contributed by atoms with Gasteiger partial charge in [0.1, 0.15) is 5.82 Å². The van der Waals surface area contributed by atoms with Gasteiger partial charge in [0.2, 0.25) is 0 Å². The van der Waals surface area contributed by atoms with Gasteiger partial charge in [-0.1, -0.05) is 24.3 Å². The van der Waals surface area contributed by atoms with Gasteiger partial charge in [0.25, 0.3) is 0 Å². The normalized spacial score (nSPS) is 16.2. The van der Waals surface area contributed by atoms with Crippen molar-refractivity contribution in [2.45, 2.75) is 6.42 Å². The number of para-hydroxylation sites is 1. The average Bonchev–Trinajstić information content (AvgIpc) is 3.09. The molecule has 0 unspecified atom stereocenters. The van der Waals surface area contributed by atoms with Crippen molar-refractivity contribution in [3.63, 3.8) is 0 Å². The fraction of sp³-hybridized carbons (Fsp3) is 0.0625. The predicted octanol–water partition coefficient (Wildman–Crippen LogP) is 0.829. The van der Waals surface area contributed by atoms with E-state index in [-0.39, 0.29) is 5.78 Å². The fourth-order valence-corrected chi connectivity index (χ4v) is 2.62. The van der Waals surface area contributed by atoms with Gasteiger partial charge in [0.05, 0.1) is 16.6 Å². The number of aromatic amines is 1. The number of aromatic nitrogens is 2. The Morgan fingerprint density at radius 3 is 2.90 bits per heavy atom. The third kappa shape index (κ3) is 1.58. The Labute approximate surface area is 114 Å². The molecule has 0 atom stereocenters. The highest BCUT2D eigenvalue weighted by molar-refractivity contribution is 6.27. The molecule has 0 fully saturated rings. The number of nitrogens with zero attached hydrogens (tertiary/aromatic N) is 2. The van der Waals surface area contributed by atoms with Crippen LogP contribution in [0.15, 0.2) is 65.1 Å². The molecule has 0 saturated carbocycles. The van der Waals surface area contributed by atoms with E-state index in [4.69, 9.17) is 0 Å². The molecule has 0 saturated heterocycles. The topological polar surface area (TPSA) is 58.1 Å². The van der Waals surface area contributed by atoms with Crippen LogP contribution < -0.4 is 10.6 Å². The summed E-state index contributed by atoms with van der Waals surface area (Å²) in [5.74, 6) is 0.897. The Kier molecular flexibility index (Phi) is 2.29. The summed E-state index contributed by atoms with van der Waals surface area (Å²) in [6, 6.07) is 7.75. The van der Waals surface area contributed by atoms with Crippen LogP contribution in [-0.2, 0) is 11.2 Å². The number of nitrogens with one attached hydrogen (secondary N) is 1. The molecule has 2 heterocycles. The van der Waals surface area contributed by atoms with Gasteiger partial charge in [-0.15, -0.1) is 0 Å². The lowest BCUT2D eigenvalue weighted by Gasteiger charge is -2.11. The fourth-order valence-electron chi connectivity index (χ4n) is 2.62. The van der Waals surface area contributed by atoms with Crippen LogP contribution in [0.4, 0.5) is 0 Å². The minimum absolute atomic E-state index is 0.0249. The van der Waals surface area contributed by atoms with Crippen LogP contribution in [-0.4, -0.2) is 15.8 Å². The second-order valence-electron chi connectivity index (χ2n) is 4.79. The Balaban J connectivity index is 1.93.